The molecule has 5 heteroatoms. The maximum Gasteiger partial charge on any atom is 0.233 e. The Labute approximate surface area is 107 Å². The van der Waals surface area contributed by atoms with Gasteiger partial charge in [-0.25, -0.2) is 8.42 Å². The van der Waals surface area contributed by atoms with Crippen molar-refractivity contribution in [2.45, 2.75) is 0 Å². The minimum absolute atomic E-state index is 0.0622. The summed E-state index contributed by atoms with van der Waals surface area (Å²) in [7, 11) is -1.57. The highest BCUT2D eigenvalue weighted by Crippen LogP contribution is 2.23. The summed E-state index contributed by atoms with van der Waals surface area (Å²) in [6, 6.07) is 13.3. The first-order chi connectivity index (χ1) is 8.62. The Morgan fingerprint density at radius 3 is 2.56 bits per heavy atom. The molecule has 96 valence electrons. The number of sulfonamides is 1. The van der Waals surface area contributed by atoms with E-state index in [1.165, 1.54) is 0 Å². The van der Waals surface area contributed by atoms with Crippen LogP contribution in [0.4, 0.5) is 5.69 Å². The molecule has 0 spiro atoms. The molecule has 0 heterocycles. The van der Waals surface area contributed by atoms with E-state index < -0.39 is 10.0 Å². The van der Waals surface area contributed by atoms with E-state index in [-0.39, 0.29) is 5.75 Å². The summed E-state index contributed by atoms with van der Waals surface area (Å²) >= 11 is 0. The third-order valence-corrected chi connectivity index (χ3v) is 3.95. The Morgan fingerprint density at radius 1 is 1.06 bits per heavy atom. The Balaban J connectivity index is 2.32. The molecule has 0 fully saturated rings. The van der Waals surface area contributed by atoms with E-state index in [1.54, 1.807) is 13.1 Å². The van der Waals surface area contributed by atoms with Crippen LogP contribution in [0, 0.1) is 0 Å². The van der Waals surface area contributed by atoms with E-state index in [1.807, 2.05) is 36.4 Å². The van der Waals surface area contributed by atoms with Gasteiger partial charge in [-0.05, 0) is 18.5 Å². The van der Waals surface area contributed by atoms with Gasteiger partial charge in [-0.15, -0.1) is 0 Å². The maximum absolute atomic E-state index is 11.9. The second kappa shape index (κ2) is 5.37. The Hall–Kier alpha value is -1.59. The number of rotatable bonds is 5. The van der Waals surface area contributed by atoms with Gasteiger partial charge in [-0.1, -0.05) is 36.4 Å². The van der Waals surface area contributed by atoms with Crippen molar-refractivity contribution in [3.8, 4) is 0 Å². The first-order valence-corrected chi connectivity index (χ1v) is 7.40. The molecule has 18 heavy (non-hydrogen) atoms. The van der Waals surface area contributed by atoms with Gasteiger partial charge < -0.3 is 5.32 Å². The molecule has 0 radical (unpaired) electrons. The van der Waals surface area contributed by atoms with Gasteiger partial charge >= 0.3 is 0 Å². The molecular formula is C13H16N2O2S. The fourth-order valence-electron chi connectivity index (χ4n) is 1.77. The van der Waals surface area contributed by atoms with Crippen LogP contribution in [0.2, 0.25) is 0 Å². The van der Waals surface area contributed by atoms with Gasteiger partial charge in [0.25, 0.3) is 0 Å². The molecule has 0 atom stereocenters. The fourth-order valence-corrected chi connectivity index (χ4v) is 2.86. The van der Waals surface area contributed by atoms with E-state index in [4.69, 9.17) is 0 Å². The maximum atomic E-state index is 11.9. The second-order valence-electron chi connectivity index (χ2n) is 4.05. The lowest BCUT2D eigenvalue weighted by Crippen LogP contribution is -2.24. The molecule has 2 rings (SSSR count). The van der Waals surface area contributed by atoms with Gasteiger partial charge in [0.15, 0.2) is 0 Å². The minimum Gasteiger partial charge on any atom is -0.319 e. The van der Waals surface area contributed by atoms with Crippen LogP contribution >= 0.6 is 0 Å². The lowest BCUT2D eigenvalue weighted by molar-refractivity contribution is 0.599. The summed E-state index contributed by atoms with van der Waals surface area (Å²) < 4.78 is 26.3. The molecule has 0 bridgehead atoms. The average molecular weight is 264 g/mol. The van der Waals surface area contributed by atoms with Crippen LogP contribution in [-0.4, -0.2) is 27.8 Å². The van der Waals surface area contributed by atoms with Crippen molar-refractivity contribution in [2.24, 2.45) is 0 Å². The molecule has 0 saturated carbocycles. The summed E-state index contributed by atoms with van der Waals surface area (Å²) in [4.78, 5) is 0. The Bertz CT molecular complexity index is 633. The first kappa shape index (κ1) is 12.9. The van der Waals surface area contributed by atoms with E-state index in [0.29, 0.717) is 12.2 Å². The molecule has 2 aromatic rings. The Morgan fingerprint density at radius 2 is 1.78 bits per heavy atom. The van der Waals surface area contributed by atoms with Gasteiger partial charge in [0, 0.05) is 11.9 Å². The predicted molar refractivity (Wildman–Crippen MR) is 75.3 cm³/mol. The zero-order valence-electron chi connectivity index (χ0n) is 10.2. The number of nitrogens with one attached hydrogen (secondary N) is 2. The molecule has 0 saturated heterocycles. The highest BCUT2D eigenvalue weighted by molar-refractivity contribution is 7.92. The molecule has 0 aliphatic rings. The predicted octanol–water partition coefficient (Wildman–Crippen LogP) is 1.80. The largest absolute Gasteiger partial charge is 0.319 e. The van der Waals surface area contributed by atoms with Crippen LogP contribution in [0.1, 0.15) is 0 Å². The van der Waals surface area contributed by atoms with Gasteiger partial charge in [0.1, 0.15) is 0 Å². The van der Waals surface area contributed by atoms with Crippen molar-refractivity contribution in [2.75, 3.05) is 24.1 Å². The van der Waals surface area contributed by atoms with Crippen molar-refractivity contribution in [3.63, 3.8) is 0 Å². The van der Waals surface area contributed by atoms with E-state index in [9.17, 15) is 8.42 Å². The fraction of sp³-hybridized carbons (Fsp3) is 0.231. The summed E-state index contributed by atoms with van der Waals surface area (Å²) in [5.74, 6) is 0.0622. The van der Waals surface area contributed by atoms with Crippen LogP contribution < -0.4 is 10.0 Å². The zero-order chi connectivity index (χ0) is 13.0. The normalized spacial score (nSPS) is 11.6. The summed E-state index contributed by atoms with van der Waals surface area (Å²) in [5.41, 5.74) is 0.629. The quantitative estimate of drug-likeness (QED) is 0.865. The van der Waals surface area contributed by atoms with Crippen LogP contribution in [0.5, 0.6) is 0 Å². The minimum atomic E-state index is -3.30. The van der Waals surface area contributed by atoms with E-state index in [0.717, 1.165) is 10.8 Å². The van der Waals surface area contributed by atoms with Crippen LogP contribution in [0.15, 0.2) is 42.5 Å². The van der Waals surface area contributed by atoms with Crippen LogP contribution in [-0.2, 0) is 10.0 Å². The van der Waals surface area contributed by atoms with Gasteiger partial charge in [0.05, 0.1) is 11.4 Å². The molecule has 0 aromatic heterocycles. The SMILES string of the molecule is CNCCS(=O)(=O)Nc1cccc2ccccc12. The van der Waals surface area contributed by atoms with E-state index >= 15 is 0 Å². The number of hydrogen-bond acceptors (Lipinski definition) is 3. The topological polar surface area (TPSA) is 58.2 Å². The zero-order valence-corrected chi connectivity index (χ0v) is 11.0. The first-order valence-electron chi connectivity index (χ1n) is 5.75. The Kier molecular flexibility index (Phi) is 3.84. The smallest absolute Gasteiger partial charge is 0.233 e. The lowest BCUT2D eigenvalue weighted by atomic mass is 10.1. The number of anilines is 1. The molecule has 4 nitrogen and oxygen atoms in total. The standard InChI is InChI=1S/C13H16N2O2S/c1-14-9-10-18(16,17)15-13-8-4-6-11-5-2-3-7-12(11)13/h2-8,14-15H,9-10H2,1H3. The molecule has 2 N–H and O–H groups in total. The summed E-state index contributed by atoms with van der Waals surface area (Å²) in [6.07, 6.45) is 0. The number of hydrogen-bond donors (Lipinski definition) is 2. The number of fused-ring (bicyclic) bond motifs is 1. The molecule has 2 aromatic carbocycles. The van der Waals surface area contributed by atoms with Gasteiger partial charge in [0.2, 0.25) is 10.0 Å². The van der Waals surface area contributed by atoms with Crippen molar-refractivity contribution >= 4 is 26.5 Å². The molecule has 0 unspecified atom stereocenters. The molecular weight excluding hydrogens is 248 g/mol. The lowest BCUT2D eigenvalue weighted by Gasteiger charge is -2.10. The third-order valence-electron chi connectivity index (χ3n) is 2.68. The molecule has 0 aliphatic heterocycles. The number of benzene rings is 2. The third kappa shape index (κ3) is 3.00. The van der Waals surface area contributed by atoms with Gasteiger partial charge in [-0.2, -0.15) is 0 Å². The highest BCUT2D eigenvalue weighted by Gasteiger charge is 2.11. The van der Waals surface area contributed by atoms with Crippen molar-refractivity contribution in [1.29, 1.82) is 0 Å². The van der Waals surface area contributed by atoms with Crippen molar-refractivity contribution in [3.05, 3.63) is 42.5 Å². The monoisotopic (exact) mass is 264 g/mol. The highest BCUT2D eigenvalue weighted by atomic mass is 32.2. The van der Waals surface area contributed by atoms with Crippen LogP contribution in [0.25, 0.3) is 10.8 Å². The van der Waals surface area contributed by atoms with Gasteiger partial charge in [-0.3, -0.25) is 4.72 Å². The molecule has 0 aliphatic carbocycles. The average Bonchev–Trinajstić information content (AvgIpc) is 2.37. The van der Waals surface area contributed by atoms with Crippen LogP contribution in [0.3, 0.4) is 0 Å². The van der Waals surface area contributed by atoms with Crippen molar-refractivity contribution in [1.82, 2.24) is 5.32 Å². The summed E-state index contributed by atoms with van der Waals surface area (Å²) in [6.45, 7) is 0.431. The second-order valence-corrected chi connectivity index (χ2v) is 5.89. The van der Waals surface area contributed by atoms with Crippen molar-refractivity contribution < 1.29 is 8.42 Å². The van der Waals surface area contributed by atoms with E-state index in [2.05, 4.69) is 10.0 Å². The summed E-state index contributed by atoms with van der Waals surface area (Å²) in [5, 5.41) is 4.76. The molecule has 0 amide bonds.